The van der Waals surface area contributed by atoms with Gasteiger partial charge in [0.25, 0.3) is 9.05 Å². The molecule has 0 atom stereocenters. The first-order valence-electron chi connectivity index (χ1n) is 14.2. The molecule has 5 heterocycles. The molecule has 0 unspecified atom stereocenters. The van der Waals surface area contributed by atoms with Crippen LogP contribution < -0.4 is 0 Å². The summed E-state index contributed by atoms with van der Waals surface area (Å²) in [6, 6.07) is 25.9. The number of nitrogens with one attached hydrogen (secondary N) is 1. The van der Waals surface area contributed by atoms with E-state index in [1.807, 2.05) is 6.07 Å². The van der Waals surface area contributed by atoms with Crippen molar-refractivity contribution in [3.8, 4) is 45.6 Å². The Morgan fingerprint density at radius 2 is 0.938 bits per heavy atom. The zero-order valence-corrected chi connectivity index (χ0v) is 27.1. The molecule has 2 aliphatic rings. The van der Waals surface area contributed by atoms with Gasteiger partial charge in [0.15, 0.2) is 34.6 Å². The highest BCUT2D eigenvalue weighted by atomic mass is 35.7. The molecule has 234 valence electrons. The zero-order chi connectivity index (χ0) is 32.9. The van der Waals surface area contributed by atoms with Gasteiger partial charge < -0.3 is 4.98 Å². The largest absolute Gasteiger partial charge is 0.328 e. The van der Waals surface area contributed by atoms with Crippen molar-refractivity contribution in [2.24, 2.45) is 0 Å². The van der Waals surface area contributed by atoms with E-state index in [-0.39, 0.29) is 56.2 Å². The van der Waals surface area contributed by atoms with Crippen molar-refractivity contribution in [1.29, 1.82) is 0 Å². The Morgan fingerprint density at radius 3 is 1.42 bits per heavy atom. The van der Waals surface area contributed by atoms with Crippen LogP contribution >= 0.6 is 21.4 Å². The van der Waals surface area contributed by atoms with Gasteiger partial charge in [0.1, 0.15) is 11.3 Å². The maximum atomic E-state index is 13.3. The van der Waals surface area contributed by atoms with Crippen LogP contribution in [0.15, 0.2) is 95.9 Å². The van der Waals surface area contributed by atoms with Crippen molar-refractivity contribution >= 4 is 83.8 Å². The summed E-state index contributed by atoms with van der Waals surface area (Å²) in [4.78, 5) is 31.6. The van der Waals surface area contributed by atoms with Crippen LogP contribution in [0.1, 0.15) is 0 Å². The van der Waals surface area contributed by atoms with Gasteiger partial charge in [-0.3, -0.25) is 0 Å². The van der Waals surface area contributed by atoms with Gasteiger partial charge in [-0.1, -0.05) is 84.9 Å². The molecule has 48 heavy (non-hydrogen) atoms. The Balaban J connectivity index is 1.58. The van der Waals surface area contributed by atoms with E-state index in [0.717, 1.165) is 3.97 Å². The Morgan fingerprint density at radius 1 is 0.500 bits per heavy atom. The van der Waals surface area contributed by atoms with E-state index in [1.54, 1.807) is 78.9 Å². The molecule has 0 fully saturated rings. The SMILES string of the molecule is O=S(=O)(Cl)c1cccc2c3nc4nc(nc5c6ccccc6c(nc6nc(nc([nH]3)c12)-c1ccccc1-6)n5S(=O)(=O)Cl)-c1ccccc1-4. The fourth-order valence-electron chi connectivity index (χ4n) is 6.14. The summed E-state index contributed by atoms with van der Waals surface area (Å²) in [6.07, 6.45) is 0. The van der Waals surface area contributed by atoms with Gasteiger partial charge >= 0.3 is 9.24 Å². The average molecular weight is 712 g/mol. The van der Waals surface area contributed by atoms with Crippen LogP contribution in [-0.2, 0) is 18.3 Å². The summed E-state index contributed by atoms with van der Waals surface area (Å²) >= 11 is 0. The summed E-state index contributed by atoms with van der Waals surface area (Å²) < 4.78 is 53.1. The van der Waals surface area contributed by atoms with Gasteiger partial charge in [-0.05, 0) is 6.07 Å². The highest BCUT2D eigenvalue weighted by Gasteiger charge is 2.26. The van der Waals surface area contributed by atoms with Crippen LogP contribution in [0, 0.1) is 0 Å². The van der Waals surface area contributed by atoms with Crippen molar-refractivity contribution in [3.05, 3.63) is 91.0 Å². The maximum Gasteiger partial charge on any atom is 0.328 e. The van der Waals surface area contributed by atoms with E-state index < -0.39 is 18.3 Å². The van der Waals surface area contributed by atoms with Crippen LogP contribution in [0.25, 0.3) is 89.7 Å². The fourth-order valence-corrected chi connectivity index (χ4v) is 8.30. The van der Waals surface area contributed by atoms with Crippen molar-refractivity contribution in [2.75, 3.05) is 0 Å². The lowest BCUT2D eigenvalue weighted by atomic mass is 10.1. The fraction of sp³-hybridized carbons (Fsp3) is 0. The summed E-state index contributed by atoms with van der Waals surface area (Å²) in [7, 11) is 3.29. The number of rotatable bonds is 2. The van der Waals surface area contributed by atoms with E-state index >= 15 is 0 Å². The van der Waals surface area contributed by atoms with Crippen molar-refractivity contribution in [3.63, 3.8) is 0 Å². The average Bonchev–Trinajstić information content (AvgIpc) is 3.78. The lowest BCUT2D eigenvalue weighted by Crippen LogP contribution is -2.06. The van der Waals surface area contributed by atoms with Crippen LogP contribution in [0.3, 0.4) is 0 Å². The normalized spacial score (nSPS) is 12.7. The Bertz CT molecular complexity index is 2980. The van der Waals surface area contributed by atoms with Gasteiger partial charge in [0.05, 0.1) is 4.90 Å². The number of nitrogens with zero attached hydrogens (tertiary/aromatic N) is 7. The number of hydrogen-bond donors (Lipinski definition) is 1. The molecule has 0 aliphatic carbocycles. The molecule has 0 amide bonds. The predicted molar refractivity (Wildman–Crippen MR) is 183 cm³/mol. The minimum atomic E-state index is -4.51. The lowest BCUT2D eigenvalue weighted by molar-refractivity contribution is 0.603. The summed E-state index contributed by atoms with van der Waals surface area (Å²) in [5.41, 5.74) is 2.68. The molecule has 0 spiro atoms. The monoisotopic (exact) mass is 710 g/mol. The number of halogens is 2. The first kappa shape index (κ1) is 28.9. The Labute approximate surface area is 279 Å². The molecular weight excluding hydrogens is 695 g/mol. The molecule has 0 saturated heterocycles. The molecule has 9 rings (SSSR count). The molecule has 3 aromatic heterocycles. The molecule has 0 saturated carbocycles. The van der Waals surface area contributed by atoms with Crippen molar-refractivity contribution < 1.29 is 16.8 Å². The van der Waals surface area contributed by atoms with Crippen LogP contribution in [0.4, 0.5) is 0 Å². The number of H-pyrrole nitrogens is 1. The molecule has 8 bridgehead atoms. The number of hydrogen-bond acceptors (Lipinski definition) is 10. The molecular formula is C32H16Cl2N8O4S2. The zero-order valence-electron chi connectivity index (χ0n) is 24.0. The standard InChI is InChI=1S/C32H16Cl2N8O4S2/c33-47(43,44)23-15-7-14-22-24(23)30-38-26-17-9-2-4-11-19(17)28(36-26)41-32-21-13-6-5-12-20(21)31(42(32)48(34,45)46)40-27-18-10-3-1-8-16(18)25(35-27)37-29(22)39-30/h1-15H,(H,35,36,37,38,39,40,41). The minimum Gasteiger partial charge on any atom is -0.324 e. The summed E-state index contributed by atoms with van der Waals surface area (Å²) in [5, 5.41) is 1.54. The smallest absolute Gasteiger partial charge is 0.324 e. The third kappa shape index (κ3) is 4.34. The second-order valence-corrected chi connectivity index (χ2v) is 15.8. The second-order valence-electron chi connectivity index (χ2n) is 10.9. The van der Waals surface area contributed by atoms with Gasteiger partial charge in [-0.2, -0.15) is 12.4 Å². The number of aromatic amines is 1. The van der Waals surface area contributed by atoms with Gasteiger partial charge in [0, 0.05) is 65.2 Å². The number of benzene rings is 4. The van der Waals surface area contributed by atoms with E-state index in [9.17, 15) is 16.8 Å². The number of aromatic nitrogens is 8. The number of fused-ring (bicyclic) bond motifs is 20. The van der Waals surface area contributed by atoms with Crippen molar-refractivity contribution in [1.82, 2.24) is 38.9 Å². The van der Waals surface area contributed by atoms with E-state index in [2.05, 4.69) is 4.98 Å². The molecule has 2 aliphatic heterocycles. The highest BCUT2D eigenvalue weighted by Crippen LogP contribution is 2.39. The third-order valence-electron chi connectivity index (χ3n) is 8.13. The topological polar surface area (TPSA) is 166 Å². The Hall–Kier alpha value is -5.28. The Kier molecular flexibility index (Phi) is 6.09. The highest BCUT2D eigenvalue weighted by molar-refractivity contribution is 8.14. The second kappa shape index (κ2) is 10.1. The molecule has 0 radical (unpaired) electrons. The van der Waals surface area contributed by atoms with Gasteiger partial charge in [-0.15, -0.1) is 0 Å². The predicted octanol–water partition coefficient (Wildman–Crippen LogP) is 6.60. The van der Waals surface area contributed by atoms with Gasteiger partial charge in [0.2, 0.25) is 0 Å². The molecule has 1 N–H and O–H groups in total. The molecule has 4 aromatic carbocycles. The molecule has 7 aromatic rings. The first-order chi connectivity index (χ1) is 23.1. The van der Waals surface area contributed by atoms with Crippen molar-refractivity contribution in [2.45, 2.75) is 4.90 Å². The van der Waals surface area contributed by atoms with Crippen LogP contribution in [0.5, 0.6) is 0 Å². The van der Waals surface area contributed by atoms with E-state index in [0.29, 0.717) is 38.4 Å². The summed E-state index contributed by atoms with van der Waals surface area (Å²) in [6.45, 7) is 0. The lowest BCUT2D eigenvalue weighted by Gasteiger charge is -2.01. The van der Waals surface area contributed by atoms with Crippen LogP contribution in [0.2, 0.25) is 0 Å². The third-order valence-corrected chi connectivity index (χ3v) is 10.7. The van der Waals surface area contributed by atoms with Crippen LogP contribution in [-0.4, -0.2) is 55.7 Å². The quantitative estimate of drug-likeness (QED) is 0.193. The summed E-state index contributed by atoms with van der Waals surface area (Å²) in [5.74, 6) is 0.758. The molecule has 16 heteroatoms. The van der Waals surface area contributed by atoms with E-state index in [1.165, 1.54) is 6.07 Å². The first-order valence-corrected chi connectivity index (χ1v) is 18.8. The molecule has 12 nitrogen and oxygen atoms in total. The van der Waals surface area contributed by atoms with E-state index in [4.69, 9.17) is 51.3 Å². The minimum absolute atomic E-state index is 0.00779. The van der Waals surface area contributed by atoms with Gasteiger partial charge in [-0.25, -0.2) is 38.3 Å². The maximum absolute atomic E-state index is 13.3.